The number of carbonyl (C=O) groups is 2. The van der Waals surface area contributed by atoms with Gasteiger partial charge < -0.3 is 25.4 Å². The van der Waals surface area contributed by atoms with E-state index in [1.165, 1.54) is 6.07 Å². The molecule has 1 atom stereocenters. The molecule has 5 heterocycles. The molecule has 3 saturated heterocycles. The number of amides is 2. The van der Waals surface area contributed by atoms with Gasteiger partial charge in [-0.05, 0) is 117 Å². The van der Waals surface area contributed by atoms with Crippen LogP contribution in [0.4, 0.5) is 18.9 Å². The number of H-pyrrole nitrogens is 1. The Labute approximate surface area is 308 Å². The van der Waals surface area contributed by atoms with Gasteiger partial charge in [-0.1, -0.05) is 18.2 Å². The predicted octanol–water partition coefficient (Wildman–Crippen LogP) is 6.23. The lowest BCUT2D eigenvalue weighted by Crippen LogP contribution is -2.46. The van der Waals surface area contributed by atoms with Crippen molar-refractivity contribution in [1.82, 2.24) is 29.2 Å². The summed E-state index contributed by atoms with van der Waals surface area (Å²) >= 11 is 3.18. The van der Waals surface area contributed by atoms with Gasteiger partial charge >= 0.3 is 11.9 Å². The number of nitrogens with one attached hydrogen (secondary N) is 1. The minimum absolute atomic E-state index is 0.0242. The van der Waals surface area contributed by atoms with E-state index in [1.54, 1.807) is 15.7 Å². The Kier molecular flexibility index (Phi) is 10.4. The zero-order valence-corrected chi connectivity index (χ0v) is 30.9. The number of nitrogens with two attached hydrogens (primary N) is 1. The van der Waals surface area contributed by atoms with E-state index in [2.05, 4.69) is 37.8 Å². The summed E-state index contributed by atoms with van der Waals surface area (Å²) in [5.41, 5.74) is 6.71. The molecule has 278 valence electrons. The van der Waals surface area contributed by atoms with Crippen LogP contribution in [0.2, 0.25) is 0 Å². The molecule has 3 aliphatic heterocycles. The first kappa shape index (κ1) is 36.4. The van der Waals surface area contributed by atoms with Gasteiger partial charge in [0.05, 0.1) is 39.9 Å². The summed E-state index contributed by atoms with van der Waals surface area (Å²) in [6.07, 6.45) is 2.04. The lowest BCUT2D eigenvalue weighted by molar-refractivity contribution is -0.143. The summed E-state index contributed by atoms with van der Waals surface area (Å²) in [4.78, 5) is 54.7. The third kappa shape index (κ3) is 7.46. The van der Waals surface area contributed by atoms with Crippen molar-refractivity contribution in [3.8, 4) is 0 Å². The number of rotatable bonds is 7. The van der Waals surface area contributed by atoms with Crippen LogP contribution in [0.25, 0.3) is 21.9 Å². The topological polar surface area (TPSA) is 121 Å². The van der Waals surface area contributed by atoms with Gasteiger partial charge in [0.1, 0.15) is 0 Å². The van der Waals surface area contributed by atoms with Crippen molar-refractivity contribution >= 4 is 55.4 Å². The van der Waals surface area contributed by atoms with Crippen LogP contribution in [0.1, 0.15) is 62.1 Å². The van der Waals surface area contributed by atoms with E-state index in [4.69, 9.17) is 5.73 Å². The summed E-state index contributed by atoms with van der Waals surface area (Å²) in [6.45, 7) is 4.09. The van der Waals surface area contributed by atoms with Crippen LogP contribution in [0, 0.1) is 17.8 Å². The average molecular weight is 785 g/mol. The molecule has 10 nitrogen and oxygen atoms in total. The number of pyridine rings is 1. The van der Waals surface area contributed by atoms with Crippen molar-refractivity contribution in [3.05, 3.63) is 68.7 Å². The van der Waals surface area contributed by atoms with Gasteiger partial charge in [-0.2, -0.15) is 13.2 Å². The Morgan fingerprint density at radius 1 is 0.962 bits per heavy atom. The maximum absolute atomic E-state index is 14.2. The minimum atomic E-state index is -4.67. The highest BCUT2D eigenvalue weighted by Gasteiger charge is 2.37. The fourth-order valence-corrected chi connectivity index (χ4v) is 9.21. The Morgan fingerprint density at radius 3 is 2.27 bits per heavy atom. The van der Waals surface area contributed by atoms with E-state index in [0.717, 1.165) is 61.3 Å². The van der Waals surface area contributed by atoms with Gasteiger partial charge in [-0.15, -0.1) is 0 Å². The number of nitrogens with zero attached hydrogens (tertiary/aromatic N) is 5. The second-order valence-electron chi connectivity index (χ2n) is 14.9. The van der Waals surface area contributed by atoms with Gasteiger partial charge in [-0.25, -0.2) is 4.79 Å². The Balaban J connectivity index is 1.06. The number of aromatic amines is 1. The van der Waals surface area contributed by atoms with Gasteiger partial charge in [0.2, 0.25) is 11.8 Å². The van der Waals surface area contributed by atoms with E-state index in [9.17, 15) is 27.6 Å². The molecular weight excluding hydrogens is 739 g/mol. The molecule has 14 heteroatoms. The normalized spacial score (nSPS) is 19.5. The number of alkyl halides is 3. The molecule has 4 aromatic rings. The molecule has 3 fully saturated rings. The second-order valence-corrected chi connectivity index (χ2v) is 15.7. The minimum Gasteiger partial charge on any atom is -0.397 e. The van der Waals surface area contributed by atoms with E-state index in [0.29, 0.717) is 61.9 Å². The Bertz CT molecular complexity index is 2010. The SMILES string of the molecule is CN1CCC(C2CCN(C(=O)C(CC(=O)N3CCC(n4c(=O)[nH]c5c6ccccc6ncc54)CC3)Cc3cc(Br)c(N)c(C(F)(F)F)c3)CC2)CC1. The number of carbonyl (C=O) groups excluding carboxylic acids is 2. The maximum atomic E-state index is 14.2. The summed E-state index contributed by atoms with van der Waals surface area (Å²) in [6, 6.07) is 9.99. The number of hydrogen-bond donors (Lipinski definition) is 2. The molecule has 2 aromatic carbocycles. The monoisotopic (exact) mass is 783 g/mol. The first-order valence-electron chi connectivity index (χ1n) is 18.3. The van der Waals surface area contributed by atoms with Crippen LogP contribution < -0.4 is 11.4 Å². The number of piperidine rings is 3. The van der Waals surface area contributed by atoms with Gasteiger partial charge in [0, 0.05) is 48.5 Å². The zero-order valence-electron chi connectivity index (χ0n) is 29.3. The van der Waals surface area contributed by atoms with Gasteiger partial charge in [0.15, 0.2) is 0 Å². The highest BCUT2D eigenvalue weighted by molar-refractivity contribution is 9.10. The standard InChI is InChI=1S/C38H45BrF3N7O3/c1-46-12-6-24(7-13-46)25-8-14-48(15-9-25)36(51)26(18-23-19-29(38(40,41)42)34(43)30(39)20-23)21-33(50)47-16-10-27(11-17-47)49-32-22-44-31-5-3-2-4-28(31)35(32)45-37(49)52/h2-5,19-20,22,24-27H,6-18,21,43H2,1H3,(H,45,52). The number of para-hydroxylation sites is 1. The number of imidazole rings is 1. The number of halogens is 4. The molecule has 2 amide bonds. The zero-order chi connectivity index (χ0) is 36.7. The van der Waals surface area contributed by atoms with Crippen molar-refractivity contribution < 1.29 is 22.8 Å². The van der Waals surface area contributed by atoms with Crippen molar-refractivity contribution in [2.45, 2.75) is 63.6 Å². The lowest BCUT2D eigenvalue weighted by atomic mass is 9.78. The molecule has 0 bridgehead atoms. The first-order valence-corrected chi connectivity index (χ1v) is 19.0. The van der Waals surface area contributed by atoms with Crippen molar-refractivity contribution in [1.29, 1.82) is 0 Å². The largest absolute Gasteiger partial charge is 0.418 e. The highest BCUT2D eigenvalue weighted by Crippen LogP contribution is 2.39. The van der Waals surface area contributed by atoms with E-state index in [-0.39, 0.29) is 40.9 Å². The van der Waals surface area contributed by atoms with E-state index < -0.39 is 23.3 Å². The molecule has 7 rings (SSSR count). The van der Waals surface area contributed by atoms with Gasteiger partial charge in [-0.3, -0.25) is 19.1 Å². The quantitative estimate of drug-likeness (QED) is 0.215. The van der Waals surface area contributed by atoms with Crippen LogP contribution in [0.15, 0.2) is 51.9 Å². The molecule has 0 spiro atoms. The van der Waals surface area contributed by atoms with Crippen LogP contribution in [0.3, 0.4) is 0 Å². The molecule has 0 aliphatic carbocycles. The molecule has 3 N–H and O–H groups in total. The Hall–Kier alpha value is -3.91. The predicted molar refractivity (Wildman–Crippen MR) is 198 cm³/mol. The summed E-state index contributed by atoms with van der Waals surface area (Å²) in [5.74, 6) is -0.0745. The lowest BCUT2D eigenvalue weighted by Gasteiger charge is -2.40. The molecule has 0 radical (unpaired) electrons. The molecule has 52 heavy (non-hydrogen) atoms. The maximum Gasteiger partial charge on any atom is 0.418 e. The number of benzene rings is 2. The molecule has 1 unspecified atom stereocenters. The van der Waals surface area contributed by atoms with Crippen LogP contribution >= 0.6 is 15.9 Å². The van der Waals surface area contributed by atoms with Crippen molar-refractivity contribution in [2.24, 2.45) is 17.8 Å². The molecular formula is C38H45BrF3N7O3. The summed E-state index contributed by atoms with van der Waals surface area (Å²) < 4.78 is 43.6. The van der Waals surface area contributed by atoms with Crippen LogP contribution in [0.5, 0.6) is 0 Å². The first-order chi connectivity index (χ1) is 24.9. The van der Waals surface area contributed by atoms with Gasteiger partial charge in [0.25, 0.3) is 0 Å². The number of likely N-dealkylation sites (tertiary alicyclic amines) is 3. The fraction of sp³-hybridized carbons (Fsp3) is 0.526. The highest BCUT2D eigenvalue weighted by atomic mass is 79.9. The van der Waals surface area contributed by atoms with Crippen LogP contribution in [-0.2, 0) is 22.2 Å². The number of hydrogen-bond acceptors (Lipinski definition) is 6. The van der Waals surface area contributed by atoms with Crippen molar-refractivity contribution in [2.75, 3.05) is 52.0 Å². The third-order valence-electron chi connectivity index (χ3n) is 11.7. The molecule has 2 aromatic heterocycles. The Morgan fingerprint density at radius 2 is 1.60 bits per heavy atom. The molecule has 3 aliphatic rings. The number of aromatic nitrogens is 3. The van der Waals surface area contributed by atoms with Crippen LogP contribution in [-0.4, -0.2) is 87.4 Å². The number of fused-ring (bicyclic) bond motifs is 3. The second kappa shape index (κ2) is 14.8. The summed E-state index contributed by atoms with van der Waals surface area (Å²) in [5, 5.41) is 0.862. The smallest absolute Gasteiger partial charge is 0.397 e. The molecule has 0 saturated carbocycles. The summed E-state index contributed by atoms with van der Waals surface area (Å²) in [7, 11) is 2.14. The van der Waals surface area contributed by atoms with Crippen molar-refractivity contribution in [3.63, 3.8) is 0 Å². The number of anilines is 1. The average Bonchev–Trinajstić information content (AvgIpc) is 3.48. The van der Waals surface area contributed by atoms with E-state index >= 15 is 0 Å². The number of nitrogen functional groups attached to an aromatic ring is 1. The fourth-order valence-electron chi connectivity index (χ4n) is 8.70. The van der Waals surface area contributed by atoms with E-state index in [1.807, 2.05) is 29.2 Å². The third-order valence-corrected chi connectivity index (χ3v) is 12.3.